The van der Waals surface area contributed by atoms with Crippen molar-refractivity contribution < 1.29 is 9.53 Å². The van der Waals surface area contributed by atoms with Crippen LogP contribution in [0, 0.1) is 18.8 Å². The number of carbonyl (C=O) groups is 1. The second kappa shape index (κ2) is 10.3. The molecule has 2 heterocycles. The predicted molar refractivity (Wildman–Crippen MR) is 147 cm³/mol. The summed E-state index contributed by atoms with van der Waals surface area (Å²) in [5.74, 6) is 6.91. The smallest absolute Gasteiger partial charge is 0.384 e. The molecule has 3 aromatic carbocycles. The maximum atomic E-state index is 11.5. The number of carbonyl (C=O) groups excluding carboxylic acids is 1. The molecule has 0 aliphatic rings. The Bertz CT molecular complexity index is 1660. The molecule has 0 unspecified atom stereocenters. The molecule has 0 atom stereocenters. The quantitative estimate of drug-likeness (QED) is 0.222. The van der Waals surface area contributed by atoms with Crippen molar-refractivity contribution in [3.63, 3.8) is 0 Å². The van der Waals surface area contributed by atoms with Crippen molar-refractivity contribution in [2.45, 2.75) is 40.2 Å². The van der Waals surface area contributed by atoms with Crippen LogP contribution in [0.4, 0.5) is 0 Å². The third-order valence-corrected chi connectivity index (χ3v) is 6.52. The van der Waals surface area contributed by atoms with Gasteiger partial charge in [-0.3, -0.25) is 0 Å². The van der Waals surface area contributed by atoms with E-state index in [9.17, 15) is 4.79 Å². The van der Waals surface area contributed by atoms with Gasteiger partial charge in [0.15, 0.2) is 0 Å². The van der Waals surface area contributed by atoms with Gasteiger partial charge in [-0.15, -0.1) is 0 Å². The Morgan fingerprint density at radius 1 is 1.00 bits per heavy atom. The van der Waals surface area contributed by atoms with Crippen LogP contribution in [0.15, 0.2) is 60.7 Å². The first-order valence-corrected chi connectivity index (χ1v) is 12.7. The average molecular weight is 491 g/mol. The molecule has 0 radical (unpaired) electrons. The summed E-state index contributed by atoms with van der Waals surface area (Å²) in [6.07, 6.45) is 1.92. The number of hydrogen-bond donors (Lipinski definition) is 0. The van der Waals surface area contributed by atoms with Gasteiger partial charge in [-0.25, -0.2) is 14.8 Å². The molecule has 0 aliphatic heterocycles. The summed E-state index contributed by atoms with van der Waals surface area (Å²) in [6.45, 7) is 7.09. The van der Waals surface area contributed by atoms with Gasteiger partial charge in [0.2, 0.25) is 0 Å². The van der Waals surface area contributed by atoms with Gasteiger partial charge < -0.3 is 13.9 Å². The Balaban J connectivity index is 1.54. The predicted octanol–water partition coefficient (Wildman–Crippen LogP) is 5.81. The maximum absolute atomic E-state index is 11.5. The molecular formula is C31H30N4O2. The van der Waals surface area contributed by atoms with Crippen LogP contribution in [0.5, 0.6) is 0 Å². The van der Waals surface area contributed by atoms with E-state index in [1.165, 1.54) is 0 Å². The summed E-state index contributed by atoms with van der Waals surface area (Å²) in [6, 6.07) is 20.6. The minimum atomic E-state index is -0.507. The van der Waals surface area contributed by atoms with Crippen LogP contribution >= 0.6 is 0 Å². The first kappa shape index (κ1) is 24.3. The number of imidazole rings is 2. The van der Waals surface area contributed by atoms with Crippen LogP contribution in [0.3, 0.4) is 0 Å². The van der Waals surface area contributed by atoms with Crippen LogP contribution in [0.1, 0.15) is 42.8 Å². The molecule has 0 saturated carbocycles. The fraction of sp³-hybridized carbons (Fsp3) is 0.258. The summed E-state index contributed by atoms with van der Waals surface area (Å²) in [5, 5.41) is 0. The lowest BCUT2D eigenvalue weighted by molar-refractivity contribution is -0.136. The molecular weight excluding hydrogens is 460 g/mol. The van der Waals surface area contributed by atoms with E-state index in [1.807, 2.05) is 24.3 Å². The van der Waals surface area contributed by atoms with E-state index in [1.54, 1.807) is 6.92 Å². The lowest BCUT2D eigenvalue weighted by Crippen LogP contribution is -2.05. The van der Waals surface area contributed by atoms with Crippen molar-refractivity contribution in [1.82, 2.24) is 19.1 Å². The molecule has 0 spiro atoms. The molecule has 5 rings (SSSR count). The van der Waals surface area contributed by atoms with Crippen molar-refractivity contribution in [3.8, 4) is 23.2 Å². The Labute approximate surface area is 216 Å². The molecule has 0 saturated heterocycles. The van der Waals surface area contributed by atoms with E-state index in [2.05, 4.69) is 78.3 Å². The SMILES string of the molecule is CCCc1nc2c(C)cc(-c3nc4ccccc4n3C)cc2n1Cc1ccc(C#CC(=O)OCC)cc1. The fourth-order valence-electron chi connectivity index (χ4n) is 4.73. The minimum Gasteiger partial charge on any atom is -0.456 e. The summed E-state index contributed by atoms with van der Waals surface area (Å²) in [7, 11) is 2.07. The van der Waals surface area contributed by atoms with Crippen LogP contribution < -0.4 is 0 Å². The highest BCUT2D eigenvalue weighted by molar-refractivity contribution is 5.89. The van der Waals surface area contributed by atoms with Gasteiger partial charge >= 0.3 is 5.97 Å². The van der Waals surface area contributed by atoms with Gasteiger partial charge in [0.1, 0.15) is 11.6 Å². The topological polar surface area (TPSA) is 61.9 Å². The Hall–Kier alpha value is -4.37. The summed E-state index contributed by atoms with van der Waals surface area (Å²) < 4.78 is 9.35. The lowest BCUT2D eigenvalue weighted by atomic mass is 10.1. The van der Waals surface area contributed by atoms with E-state index in [0.717, 1.165) is 68.8 Å². The van der Waals surface area contributed by atoms with E-state index in [-0.39, 0.29) is 0 Å². The van der Waals surface area contributed by atoms with Gasteiger partial charge in [0.05, 0.1) is 28.7 Å². The van der Waals surface area contributed by atoms with Crippen molar-refractivity contribution in [3.05, 3.63) is 83.2 Å². The summed E-state index contributed by atoms with van der Waals surface area (Å²) in [5.41, 5.74) is 8.38. The van der Waals surface area contributed by atoms with E-state index in [0.29, 0.717) is 13.2 Å². The molecule has 6 nitrogen and oxygen atoms in total. The second-order valence-electron chi connectivity index (χ2n) is 9.18. The number of hydrogen-bond acceptors (Lipinski definition) is 4. The molecule has 5 aromatic rings. The number of aromatic nitrogens is 4. The van der Waals surface area contributed by atoms with Crippen LogP contribution in [-0.2, 0) is 29.5 Å². The van der Waals surface area contributed by atoms with Gasteiger partial charge in [-0.2, -0.15) is 0 Å². The zero-order chi connectivity index (χ0) is 25.9. The van der Waals surface area contributed by atoms with Crippen molar-refractivity contribution in [2.24, 2.45) is 7.05 Å². The third-order valence-electron chi connectivity index (χ3n) is 6.52. The molecule has 0 N–H and O–H groups in total. The first-order valence-electron chi connectivity index (χ1n) is 12.7. The Morgan fingerprint density at radius 3 is 2.51 bits per heavy atom. The number of para-hydroxylation sites is 2. The Kier molecular flexibility index (Phi) is 6.78. The highest BCUT2D eigenvalue weighted by Gasteiger charge is 2.17. The highest BCUT2D eigenvalue weighted by atomic mass is 16.5. The standard InChI is InChI=1S/C31H30N4O2/c1-5-9-28-33-30-21(3)18-24(31-32-25-10-7-8-11-26(25)34(31)4)19-27(30)35(28)20-23-14-12-22(13-15-23)16-17-29(36)37-6-2/h7-8,10-15,18-19H,5-6,9,20H2,1-4H3. The molecule has 0 bridgehead atoms. The summed E-state index contributed by atoms with van der Waals surface area (Å²) >= 11 is 0. The van der Waals surface area contributed by atoms with Gasteiger partial charge in [-0.1, -0.05) is 37.1 Å². The van der Waals surface area contributed by atoms with Gasteiger partial charge in [0, 0.05) is 37.1 Å². The lowest BCUT2D eigenvalue weighted by Gasteiger charge is -2.11. The molecule has 37 heavy (non-hydrogen) atoms. The number of fused-ring (bicyclic) bond motifs is 2. The summed E-state index contributed by atoms with van der Waals surface area (Å²) in [4.78, 5) is 21.5. The number of benzene rings is 3. The third kappa shape index (κ3) is 4.85. The number of rotatable bonds is 6. The molecule has 0 fully saturated rings. The molecule has 6 heteroatoms. The van der Waals surface area contributed by atoms with Gasteiger partial charge in [-0.05, 0) is 67.8 Å². The highest BCUT2D eigenvalue weighted by Crippen LogP contribution is 2.30. The van der Waals surface area contributed by atoms with Crippen molar-refractivity contribution in [2.75, 3.05) is 6.61 Å². The molecule has 186 valence electrons. The maximum Gasteiger partial charge on any atom is 0.384 e. The largest absolute Gasteiger partial charge is 0.456 e. The van der Waals surface area contributed by atoms with E-state index in [4.69, 9.17) is 14.7 Å². The second-order valence-corrected chi connectivity index (χ2v) is 9.18. The zero-order valence-corrected chi connectivity index (χ0v) is 21.7. The number of ether oxygens (including phenoxy) is 1. The van der Waals surface area contributed by atoms with Crippen LogP contribution in [0.2, 0.25) is 0 Å². The van der Waals surface area contributed by atoms with E-state index >= 15 is 0 Å². The normalized spacial score (nSPS) is 11.0. The van der Waals surface area contributed by atoms with Gasteiger partial charge in [0.25, 0.3) is 0 Å². The van der Waals surface area contributed by atoms with E-state index < -0.39 is 5.97 Å². The number of aryl methyl sites for hydroxylation is 3. The van der Waals surface area contributed by atoms with Crippen molar-refractivity contribution >= 4 is 28.0 Å². The van der Waals surface area contributed by atoms with Crippen LogP contribution in [0.25, 0.3) is 33.5 Å². The molecule has 2 aromatic heterocycles. The fourth-order valence-corrected chi connectivity index (χ4v) is 4.73. The average Bonchev–Trinajstić information content (AvgIpc) is 3.42. The number of esters is 1. The Morgan fingerprint density at radius 2 is 1.78 bits per heavy atom. The molecule has 0 aliphatic carbocycles. The molecule has 0 amide bonds. The van der Waals surface area contributed by atoms with Crippen LogP contribution in [-0.4, -0.2) is 31.7 Å². The first-order chi connectivity index (χ1) is 18.0. The minimum absolute atomic E-state index is 0.323. The monoisotopic (exact) mass is 490 g/mol. The zero-order valence-electron chi connectivity index (χ0n) is 21.7. The van der Waals surface area contributed by atoms with Crippen molar-refractivity contribution in [1.29, 1.82) is 0 Å². The number of nitrogens with zero attached hydrogens (tertiary/aromatic N) is 4.